The molecule has 1 aliphatic rings. The van der Waals surface area contributed by atoms with Crippen LogP contribution in [0.25, 0.3) is 10.8 Å². The van der Waals surface area contributed by atoms with Gasteiger partial charge in [-0.05, 0) is 18.4 Å². The summed E-state index contributed by atoms with van der Waals surface area (Å²) in [5.74, 6) is 0.107. The number of amides is 1. The van der Waals surface area contributed by atoms with Crippen LogP contribution in [0.2, 0.25) is 0 Å². The largest absolute Gasteiger partial charge is 0.494 e. The number of nitro groups is 1. The molecule has 1 atom stereocenters. The molecular formula is C20H22N4O4S. The lowest BCUT2D eigenvalue weighted by Crippen LogP contribution is -2.28. The first-order valence-electron chi connectivity index (χ1n) is 9.71. The highest BCUT2D eigenvalue weighted by Crippen LogP contribution is 2.37. The minimum Gasteiger partial charge on any atom is -0.494 e. The van der Waals surface area contributed by atoms with Gasteiger partial charge in [0, 0.05) is 40.7 Å². The zero-order valence-corrected chi connectivity index (χ0v) is 16.6. The van der Waals surface area contributed by atoms with E-state index in [1.165, 1.54) is 36.0 Å². The lowest BCUT2D eigenvalue weighted by molar-refractivity contribution is -0.384. The number of rotatable bonds is 6. The van der Waals surface area contributed by atoms with E-state index in [-0.39, 0.29) is 17.5 Å². The second kappa shape index (κ2) is 8.20. The SMILES string of the molecule is O=C(Nc1nccs1)[C@H](CC1CCCCC1)n1cc2cc([N+](=O)[O-])ccc2c1O. The van der Waals surface area contributed by atoms with Gasteiger partial charge in [-0.25, -0.2) is 4.98 Å². The summed E-state index contributed by atoms with van der Waals surface area (Å²) in [6.45, 7) is 0. The number of aromatic nitrogens is 2. The molecule has 152 valence electrons. The van der Waals surface area contributed by atoms with Crippen LogP contribution in [0.4, 0.5) is 10.8 Å². The van der Waals surface area contributed by atoms with E-state index in [1.54, 1.807) is 22.3 Å². The normalized spacial score (nSPS) is 16.0. The molecule has 0 saturated heterocycles. The fourth-order valence-corrected chi connectivity index (χ4v) is 4.65. The van der Waals surface area contributed by atoms with Crippen LogP contribution in [0.5, 0.6) is 5.88 Å². The highest BCUT2D eigenvalue weighted by atomic mass is 32.1. The summed E-state index contributed by atoms with van der Waals surface area (Å²) in [4.78, 5) is 27.8. The molecule has 0 spiro atoms. The van der Waals surface area contributed by atoms with E-state index in [1.807, 2.05) is 0 Å². The molecule has 2 N–H and O–H groups in total. The molecule has 29 heavy (non-hydrogen) atoms. The van der Waals surface area contributed by atoms with Crippen molar-refractivity contribution >= 4 is 38.8 Å². The third-order valence-corrected chi connectivity index (χ3v) is 6.28. The molecule has 4 rings (SSSR count). The van der Waals surface area contributed by atoms with Gasteiger partial charge < -0.3 is 15.0 Å². The van der Waals surface area contributed by atoms with Gasteiger partial charge in [0.2, 0.25) is 5.91 Å². The second-order valence-corrected chi connectivity index (χ2v) is 8.37. The van der Waals surface area contributed by atoms with Crippen LogP contribution in [0, 0.1) is 16.0 Å². The van der Waals surface area contributed by atoms with Crippen molar-refractivity contribution in [3.05, 3.63) is 46.1 Å². The van der Waals surface area contributed by atoms with Gasteiger partial charge in [-0.3, -0.25) is 14.9 Å². The van der Waals surface area contributed by atoms with Crippen LogP contribution < -0.4 is 5.32 Å². The van der Waals surface area contributed by atoms with Gasteiger partial charge in [0.05, 0.1) is 4.92 Å². The Morgan fingerprint density at radius 3 is 2.86 bits per heavy atom. The molecule has 1 fully saturated rings. The Balaban J connectivity index is 1.69. The molecule has 0 bridgehead atoms. The number of nitrogens with one attached hydrogen (secondary N) is 1. The Labute approximate surface area is 171 Å². The quantitative estimate of drug-likeness (QED) is 0.442. The molecule has 0 radical (unpaired) electrons. The van der Waals surface area contributed by atoms with Gasteiger partial charge in [0.15, 0.2) is 11.0 Å². The number of non-ortho nitro benzene ring substituents is 1. The maximum absolute atomic E-state index is 13.1. The summed E-state index contributed by atoms with van der Waals surface area (Å²) in [6.07, 6.45) is 9.50. The number of hydrogen-bond donors (Lipinski definition) is 2. The van der Waals surface area contributed by atoms with E-state index in [0.29, 0.717) is 28.2 Å². The van der Waals surface area contributed by atoms with E-state index in [9.17, 15) is 20.0 Å². The van der Waals surface area contributed by atoms with Crippen LogP contribution in [0.3, 0.4) is 0 Å². The molecule has 0 unspecified atom stereocenters. The topological polar surface area (TPSA) is 110 Å². The smallest absolute Gasteiger partial charge is 0.270 e. The number of benzene rings is 1. The average Bonchev–Trinajstić information content (AvgIpc) is 3.34. The summed E-state index contributed by atoms with van der Waals surface area (Å²) in [6, 6.07) is 3.68. The Kier molecular flexibility index (Phi) is 5.48. The Bertz CT molecular complexity index is 1020. The lowest BCUT2D eigenvalue weighted by atomic mass is 9.84. The number of aromatic hydroxyl groups is 1. The molecule has 2 heterocycles. The fourth-order valence-electron chi connectivity index (χ4n) is 4.12. The summed E-state index contributed by atoms with van der Waals surface area (Å²) in [5.41, 5.74) is -0.0503. The van der Waals surface area contributed by atoms with Crippen LogP contribution in [0.15, 0.2) is 36.0 Å². The minimum atomic E-state index is -0.617. The molecule has 1 saturated carbocycles. The van der Waals surface area contributed by atoms with Crippen LogP contribution in [0.1, 0.15) is 44.6 Å². The lowest BCUT2D eigenvalue weighted by Gasteiger charge is -2.27. The van der Waals surface area contributed by atoms with Crippen LogP contribution in [-0.4, -0.2) is 25.5 Å². The molecule has 1 aliphatic carbocycles. The number of hydrogen-bond acceptors (Lipinski definition) is 6. The summed E-state index contributed by atoms with van der Waals surface area (Å²) < 4.78 is 1.55. The predicted octanol–water partition coefficient (Wildman–Crippen LogP) is 4.86. The second-order valence-electron chi connectivity index (χ2n) is 7.47. The number of thiazole rings is 1. The van der Waals surface area contributed by atoms with Gasteiger partial charge in [0.1, 0.15) is 6.04 Å². The maximum atomic E-state index is 13.1. The first-order valence-corrected chi connectivity index (χ1v) is 10.6. The van der Waals surface area contributed by atoms with Crippen LogP contribution >= 0.6 is 11.3 Å². The molecule has 3 aromatic rings. The van der Waals surface area contributed by atoms with Crippen molar-refractivity contribution in [3.8, 4) is 5.88 Å². The average molecular weight is 414 g/mol. The van der Waals surface area contributed by atoms with E-state index >= 15 is 0 Å². The van der Waals surface area contributed by atoms with Crippen molar-refractivity contribution in [2.75, 3.05) is 5.32 Å². The van der Waals surface area contributed by atoms with Gasteiger partial charge in [-0.2, -0.15) is 0 Å². The summed E-state index contributed by atoms with van der Waals surface area (Å²) >= 11 is 1.33. The third kappa shape index (κ3) is 4.09. The molecule has 1 amide bonds. The zero-order chi connectivity index (χ0) is 20.4. The fraction of sp³-hybridized carbons (Fsp3) is 0.400. The van der Waals surface area contributed by atoms with E-state index in [2.05, 4.69) is 10.3 Å². The summed E-state index contributed by atoms with van der Waals surface area (Å²) in [5, 5.41) is 28.0. The number of carbonyl (C=O) groups is 1. The van der Waals surface area contributed by atoms with E-state index in [4.69, 9.17) is 0 Å². The van der Waals surface area contributed by atoms with Crippen LogP contribution in [-0.2, 0) is 4.79 Å². The molecule has 2 aromatic heterocycles. The molecule has 0 aliphatic heterocycles. The van der Waals surface area contributed by atoms with Crippen molar-refractivity contribution in [1.82, 2.24) is 9.55 Å². The Morgan fingerprint density at radius 1 is 1.38 bits per heavy atom. The molecule has 8 nitrogen and oxygen atoms in total. The number of nitro benzene ring substituents is 1. The number of nitrogens with zero attached hydrogens (tertiary/aromatic N) is 3. The van der Waals surface area contributed by atoms with E-state index < -0.39 is 11.0 Å². The minimum absolute atomic E-state index is 0.0503. The Morgan fingerprint density at radius 2 is 2.17 bits per heavy atom. The number of fused-ring (bicyclic) bond motifs is 1. The van der Waals surface area contributed by atoms with Crippen molar-refractivity contribution in [2.45, 2.75) is 44.6 Å². The van der Waals surface area contributed by atoms with Gasteiger partial charge in [0.25, 0.3) is 5.69 Å². The van der Waals surface area contributed by atoms with E-state index in [0.717, 1.165) is 25.7 Å². The molecule has 9 heteroatoms. The molecule has 1 aromatic carbocycles. The van der Waals surface area contributed by atoms with Crippen molar-refractivity contribution in [2.24, 2.45) is 5.92 Å². The summed E-state index contributed by atoms with van der Waals surface area (Å²) in [7, 11) is 0. The van der Waals surface area contributed by atoms with Gasteiger partial charge in [-0.1, -0.05) is 32.1 Å². The van der Waals surface area contributed by atoms with Gasteiger partial charge in [-0.15, -0.1) is 11.3 Å². The number of anilines is 1. The number of carbonyl (C=O) groups excluding carboxylic acids is 1. The first kappa shape index (κ1) is 19.4. The van der Waals surface area contributed by atoms with Crippen molar-refractivity contribution in [3.63, 3.8) is 0 Å². The van der Waals surface area contributed by atoms with Crippen molar-refractivity contribution < 1.29 is 14.8 Å². The molecular weight excluding hydrogens is 392 g/mol. The Hall–Kier alpha value is -2.94. The van der Waals surface area contributed by atoms with Crippen molar-refractivity contribution in [1.29, 1.82) is 0 Å². The predicted molar refractivity (Wildman–Crippen MR) is 111 cm³/mol. The third-order valence-electron chi connectivity index (χ3n) is 5.59. The van der Waals surface area contributed by atoms with Gasteiger partial charge >= 0.3 is 0 Å². The monoisotopic (exact) mass is 414 g/mol. The highest BCUT2D eigenvalue weighted by Gasteiger charge is 2.29. The maximum Gasteiger partial charge on any atom is 0.270 e. The highest BCUT2D eigenvalue weighted by molar-refractivity contribution is 7.13. The first-order chi connectivity index (χ1) is 14.0. The zero-order valence-electron chi connectivity index (χ0n) is 15.8. The standard InChI is InChI=1S/C20H22N4O4S/c25-18(22-20-21-8-9-29-20)17(10-13-4-2-1-3-5-13)23-12-14-11-15(24(27)28)6-7-16(14)19(23)26/h6-9,11-13,17,26H,1-5,10H2,(H,21,22,25)/t17-/m0/s1.